The van der Waals surface area contributed by atoms with E-state index in [1.165, 1.54) is 10.9 Å². The molecular weight excluding hydrogens is 312 g/mol. The first kappa shape index (κ1) is 16.1. The molecule has 1 atom stereocenters. The van der Waals surface area contributed by atoms with Crippen LogP contribution in [0.4, 0.5) is 0 Å². The Hall–Kier alpha value is -2.43. The Labute approximate surface area is 148 Å². The lowest BCUT2D eigenvalue weighted by molar-refractivity contribution is -0.0350. The number of rotatable bonds is 4. The summed E-state index contributed by atoms with van der Waals surface area (Å²) in [5.74, 6) is 0.939. The first-order chi connectivity index (χ1) is 12.3. The lowest BCUT2D eigenvalue weighted by atomic mass is 10.1. The van der Waals surface area contributed by atoms with Crippen LogP contribution in [0.3, 0.4) is 0 Å². The fourth-order valence-corrected chi connectivity index (χ4v) is 3.38. The second-order valence-electron chi connectivity index (χ2n) is 6.36. The number of methoxy groups -OCH3 is 1. The number of morpholine rings is 1. The minimum absolute atomic E-state index is 0.00747. The van der Waals surface area contributed by atoms with E-state index in [1.807, 2.05) is 24.4 Å². The lowest BCUT2D eigenvalue weighted by Gasteiger charge is -2.33. The summed E-state index contributed by atoms with van der Waals surface area (Å²) in [5, 5.41) is 2.37. The van der Waals surface area contributed by atoms with E-state index in [1.54, 1.807) is 7.11 Å². The topological polar surface area (TPSA) is 34.6 Å². The molecule has 1 fully saturated rings. The molecule has 0 spiro atoms. The van der Waals surface area contributed by atoms with Crippen LogP contribution in [0, 0.1) is 0 Å². The van der Waals surface area contributed by atoms with E-state index in [2.05, 4.69) is 46.3 Å². The zero-order valence-electron chi connectivity index (χ0n) is 14.4. The molecule has 4 rings (SSSR count). The third-order valence-corrected chi connectivity index (χ3v) is 4.72. The Morgan fingerprint density at radius 3 is 2.80 bits per heavy atom. The first-order valence-electron chi connectivity index (χ1n) is 8.64. The minimum atomic E-state index is 0.00747. The monoisotopic (exact) mass is 334 g/mol. The standard InChI is InChI=1S/C21H22N2O2/c1-24-20-9-5-4-8-18(20)14-23-10-11-25-21(15-23)19-12-16-6-2-3-7-17(16)13-22-19/h2-9,12-13,21H,10-11,14-15H2,1H3/t21-/m0/s1. The smallest absolute Gasteiger partial charge is 0.123 e. The van der Waals surface area contributed by atoms with Crippen molar-refractivity contribution in [2.24, 2.45) is 0 Å². The number of benzene rings is 2. The average Bonchev–Trinajstić information content (AvgIpc) is 2.68. The number of pyridine rings is 1. The number of hydrogen-bond acceptors (Lipinski definition) is 4. The Balaban J connectivity index is 1.52. The molecule has 4 heteroatoms. The van der Waals surface area contributed by atoms with Gasteiger partial charge in [-0.05, 0) is 17.5 Å². The van der Waals surface area contributed by atoms with Crippen molar-refractivity contribution in [3.8, 4) is 5.75 Å². The summed E-state index contributed by atoms with van der Waals surface area (Å²) in [5.41, 5.74) is 2.21. The van der Waals surface area contributed by atoms with Crippen molar-refractivity contribution in [3.05, 3.63) is 72.1 Å². The van der Waals surface area contributed by atoms with Gasteiger partial charge >= 0.3 is 0 Å². The number of para-hydroxylation sites is 1. The fourth-order valence-electron chi connectivity index (χ4n) is 3.38. The van der Waals surface area contributed by atoms with Gasteiger partial charge in [0.1, 0.15) is 11.9 Å². The van der Waals surface area contributed by atoms with Crippen LogP contribution in [0.25, 0.3) is 10.8 Å². The van der Waals surface area contributed by atoms with E-state index < -0.39 is 0 Å². The molecule has 1 aromatic heterocycles. The van der Waals surface area contributed by atoms with Gasteiger partial charge in [-0.1, -0.05) is 42.5 Å². The first-order valence-corrected chi connectivity index (χ1v) is 8.64. The van der Waals surface area contributed by atoms with Gasteiger partial charge in [0.05, 0.1) is 19.4 Å². The van der Waals surface area contributed by atoms with Gasteiger partial charge in [-0.15, -0.1) is 0 Å². The number of hydrogen-bond donors (Lipinski definition) is 0. The molecular formula is C21H22N2O2. The molecule has 128 valence electrons. The molecule has 2 aromatic carbocycles. The lowest BCUT2D eigenvalue weighted by Crippen LogP contribution is -2.38. The summed E-state index contributed by atoms with van der Waals surface area (Å²) in [6, 6.07) is 18.6. The SMILES string of the molecule is COc1ccccc1CN1CCO[C@H](c2cc3ccccc3cn2)C1. The quantitative estimate of drug-likeness (QED) is 0.726. The molecule has 0 unspecified atom stereocenters. The van der Waals surface area contributed by atoms with Gasteiger partial charge in [-0.3, -0.25) is 9.88 Å². The molecule has 0 radical (unpaired) electrons. The molecule has 0 saturated carbocycles. The maximum atomic E-state index is 6.00. The largest absolute Gasteiger partial charge is 0.496 e. The highest BCUT2D eigenvalue weighted by molar-refractivity contribution is 5.81. The van der Waals surface area contributed by atoms with Crippen molar-refractivity contribution in [3.63, 3.8) is 0 Å². The average molecular weight is 334 g/mol. The summed E-state index contributed by atoms with van der Waals surface area (Å²) in [6.45, 7) is 3.33. The summed E-state index contributed by atoms with van der Waals surface area (Å²) in [6.07, 6.45) is 1.95. The Kier molecular flexibility index (Phi) is 4.63. The van der Waals surface area contributed by atoms with Crippen molar-refractivity contribution >= 4 is 10.8 Å². The summed E-state index contributed by atoms with van der Waals surface area (Å²) in [4.78, 5) is 7.04. The second kappa shape index (κ2) is 7.21. The summed E-state index contributed by atoms with van der Waals surface area (Å²) >= 11 is 0. The molecule has 25 heavy (non-hydrogen) atoms. The van der Waals surface area contributed by atoms with E-state index in [0.717, 1.165) is 36.5 Å². The van der Waals surface area contributed by atoms with Crippen LogP contribution in [-0.4, -0.2) is 36.7 Å². The molecule has 1 aliphatic rings. The van der Waals surface area contributed by atoms with Gasteiger partial charge in [-0.25, -0.2) is 0 Å². The van der Waals surface area contributed by atoms with Gasteiger partial charge < -0.3 is 9.47 Å². The van der Waals surface area contributed by atoms with E-state index in [9.17, 15) is 0 Å². The minimum Gasteiger partial charge on any atom is -0.496 e. The van der Waals surface area contributed by atoms with Crippen LogP contribution < -0.4 is 4.74 Å². The Bertz CT molecular complexity index is 865. The van der Waals surface area contributed by atoms with Gasteiger partial charge in [0, 0.05) is 36.8 Å². The van der Waals surface area contributed by atoms with E-state index >= 15 is 0 Å². The molecule has 1 saturated heterocycles. The second-order valence-corrected chi connectivity index (χ2v) is 6.36. The van der Waals surface area contributed by atoms with Crippen molar-refractivity contribution in [1.29, 1.82) is 0 Å². The van der Waals surface area contributed by atoms with Crippen molar-refractivity contribution < 1.29 is 9.47 Å². The molecule has 0 aliphatic carbocycles. The van der Waals surface area contributed by atoms with Crippen LogP contribution in [0.1, 0.15) is 17.4 Å². The highest BCUT2D eigenvalue weighted by Crippen LogP contribution is 2.26. The molecule has 0 bridgehead atoms. The number of nitrogens with zero attached hydrogens (tertiary/aromatic N) is 2. The van der Waals surface area contributed by atoms with Crippen molar-refractivity contribution in [1.82, 2.24) is 9.88 Å². The van der Waals surface area contributed by atoms with E-state index in [0.29, 0.717) is 6.61 Å². The number of fused-ring (bicyclic) bond motifs is 1. The third kappa shape index (κ3) is 3.50. The van der Waals surface area contributed by atoms with E-state index in [-0.39, 0.29) is 6.10 Å². The van der Waals surface area contributed by atoms with Gasteiger partial charge in [0.25, 0.3) is 0 Å². The molecule has 4 nitrogen and oxygen atoms in total. The Morgan fingerprint density at radius 1 is 1.12 bits per heavy atom. The van der Waals surface area contributed by atoms with Crippen molar-refractivity contribution in [2.45, 2.75) is 12.6 Å². The fraction of sp³-hybridized carbons (Fsp3) is 0.286. The third-order valence-electron chi connectivity index (χ3n) is 4.72. The summed E-state index contributed by atoms with van der Waals surface area (Å²) < 4.78 is 11.5. The van der Waals surface area contributed by atoms with Crippen LogP contribution in [-0.2, 0) is 11.3 Å². The van der Waals surface area contributed by atoms with Crippen LogP contribution >= 0.6 is 0 Å². The number of aromatic nitrogens is 1. The summed E-state index contributed by atoms with van der Waals surface area (Å²) in [7, 11) is 1.72. The van der Waals surface area contributed by atoms with Crippen LogP contribution in [0.5, 0.6) is 5.75 Å². The zero-order chi connectivity index (χ0) is 17.1. The number of ether oxygens (including phenoxy) is 2. The van der Waals surface area contributed by atoms with Gasteiger partial charge in [0.15, 0.2) is 0 Å². The van der Waals surface area contributed by atoms with E-state index in [4.69, 9.17) is 9.47 Å². The highest BCUT2D eigenvalue weighted by Gasteiger charge is 2.23. The normalized spacial score (nSPS) is 18.4. The molecule has 3 aromatic rings. The van der Waals surface area contributed by atoms with Crippen molar-refractivity contribution in [2.75, 3.05) is 26.8 Å². The molecule has 1 aliphatic heterocycles. The zero-order valence-corrected chi connectivity index (χ0v) is 14.4. The molecule has 0 N–H and O–H groups in total. The predicted molar refractivity (Wildman–Crippen MR) is 98.7 cm³/mol. The highest BCUT2D eigenvalue weighted by atomic mass is 16.5. The predicted octanol–water partition coefficient (Wildman–Crippen LogP) is 3.82. The van der Waals surface area contributed by atoms with Crippen LogP contribution in [0.2, 0.25) is 0 Å². The molecule has 0 amide bonds. The van der Waals surface area contributed by atoms with Gasteiger partial charge in [0.2, 0.25) is 0 Å². The van der Waals surface area contributed by atoms with Gasteiger partial charge in [-0.2, -0.15) is 0 Å². The Morgan fingerprint density at radius 2 is 1.92 bits per heavy atom. The molecule has 2 heterocycles. The maximum Gasteiger partial charge on any atom is 0.123 e. The van der Waals surface area contributed by atoms with Crippen LogP contribution in [0.15, 0.2) is 60.8 Å². The maximum absolute atomic E-state index is 6.00.